The van der Waals surface area contributed by atoms with E-state index in [0.29, 0.717) is 0 Å². The lowest BCUT2D eigenvalue weighted by atomic mass is 9.97. The smallest absolute Gasteiger partial charge is 0.315 e. The summed E-state index contributed by atoms with van der Waals surface area (Å²) < 4.78 is 1.73. The second kappa shape index (κ2) is 8.02. The van der Waals surface area contributed by atoms with Crippen molar-refractivity contribution in [3.8, 4) is 0 Å². The molecule has 2 atom stereocenters. The van der Waals surface area contributed by atoms with Crippen molar-refractivity contribution in [1.82, 2.24) is 20.4 Å². The third kappa shape index (κ3) is 5.04. The van der Waals surface area contributed by atoms with Crippen LogP contribution in [0.5, 0.6) is 0 Å². The molecule has 1 aromatic rings. The highest BCUT2D eigenvalue weighted by molar-refractivity contribution is 5.74. The van der Waals surface area contributed by atoms with Crippen molar-refractivity contribution in [1.29, 1.82) is 0 Å². The topological polar surface area (TPSA) is 79.2 Å². The normalized spacial score (nSPS) is 14.0. The molecule has 6 heteroatoms. The molecule has 0 fully saturated rings. The van der Waals surface area contributed by atoms with E-state index < -0.39 is 6.10 Å². The molecule has 0 spiro atoms. The van der Waals surface area contributed by atoms with Crippen LogP contribution in [0, 0.1) is 12.8 Å². The van der Waals surface area contributed by atoms with Crippen LogP contribution in [0.2, 0.25) is 0 Å². The Bertz CT molecular complexity index is 455. The second-order valence-electron chi connectivity index (χ2n) is 5.56. The van der Waals surface area contributed by atoms with Crippen LogP contribution in [-0.4, -0.2) is 33.6 Å². The van der Waals surface area contributed by atoms with Crippen molar-refractivity contribution in [2.75, 3.05) is 6.54 Å². The first-order chi connectivity index (χ1) is 9.88. The summed E-state index contributed by atoms with van der Waals surface area (Å²) in [7, 11) is 1.86. The second-order valence-corrected chi connectivity index (χ2v) is 5.56. The SMILES string of the molecule is CCC(CC)[C@H](O)CNC(=O)N[C@@H](C)c1cn(C)nc1C. The van der Waals surface area contributed by atoms with E-state index in [1.54, 1.807) is 4.68 Å². The minimum absolute atomic E-state index is 0.121. The molecule has 1 rings (SSSR count). The number of aliphatic hydroxyl groups excluding tert-OH is 1. The van der Waals surface area contributed by atoms with Gasteiger partial charge in [0.1, 0.15) is 0 Å². The average Bonchev–Trinajstić information content (AvgIpc) is 2.77. The van der Waals surface area contributed by atoms with Crippen LogP contribution in [0.25, 0.3) is 0 Å². The quantitative estimate of drug-likeness (QED) is 0.719. The lowest BCUT2D eigenvalue weighted by molar-refractivity contribution is 0.103. The van der Waals surface area contributed by atoms with Crippen LogP contribution in [0.1, 0.15) is 50.9 Å². The van der Waals surface area contributed by atoms with Crippen molar-refractivity contribution in [3.05, 3.63) is 17.5 Å². The van der Waals surface area contributed by atoms with Gasteiger partial charge in [-0.1, -0.05) is 26.7 Å². The maximum Gasteiger partial charge on any atom is 0.315 e. The van der Waals surface area contributed by atoms with Gasteiger partial charge in [-0.15, -0.1) is 0 Å². The molecular formula is C15H28N4O2. The summed E-state index contributed by atoms with van der Waals surface area (Å²) >= 11 is 0. The van der Waals surface area contributed by atoms with E-state index in [-0.39, 0.29) is 24.5 Å². The Labute approximate surface area is 126 Å². The maximum absolute atomic E-state index is 11.9. The van der Waals surface area contributed by atoms with E-state index in [1.165, 1.54) is 0 Å². The Morgan fingerprint density at radius 2 is 2.05 bits per heavy atom. The van der Waals surface area contributed by atoms with E-state index in [9.17, 15) is 9.90 Å². The molecule has 0 aromatic carbocycles. The molecule has 2 amide bonds. The minimum atomic E-state index is -0.499. The van der Waals surface area contributed by atoms with Gasteiger partial charge < -0.3 is 15.7 Å². The molecule has 0 aliphatic carbocycles. The summed E-state index contributed by atoms with van der Waals surface area (Å²) in [5, 5.41) is 19.9. The Hall–Kier alpha value is -1.56. The average molecular weight is 296 g/mol. The molecule has 6 nitrogen and oxygen atoms in total. The standard InChI is InChI=1S/C15H28N4O2/c1-6-12(7-2)14(20)8-16-15(21)17-10(3)13-9-19(5)18-11(13)4/h9-10,12,14,20H,6-8H2,1-5H3,(H2,16,17,21)/t10-,14+/m0/s1. The largest absolute Gasteiger partial charge is 0.391 e. The Balaban J connectivity index is 2.45. The number of aliphatic hydroxyl groups is 1. The summed E-state index contributed by atoms with van der Waals surface area (Å²) in [5.74, 6) is 0.225. The number of nitrogens with one attached hydrogen (secondary N) is 2. The van der Waals surface area contributed by atoms with Crippen LogP contribution >= 0.6 is 0 Å². The Morgan fingerprint density at radius 3 is 2.52 bits per heavy atom. The predicted molar refractivity (Wildman–Crippen MR) is 83.0 cm³/mol. The minimum Gasteiger partial charge on any atom is -0.391 e. The van der Waals surface area contributed by atoms with Crippen LogP contribution in [0.15, 0.2) is 6.20 Å². The van der Waals surface area contributed by atoms with Gasteiger partial charge in [0.05, 0.1) is 17.8 Å². The molecule has 0 aliphatic heterocycles. The lowest BCUT2D eigenvalue weighted by Crippen LogP contribution is -2.42. The van der Waals surface area contributed by atoms with Crippen molar-refractivity contribution in [3.63, 3.8) is 0 Å². The Kier molecular flexibility index (Phi) is 6.68. The van der Waals surface area contributed by atoms with Crippen LogP contribution in [0.3, 0.4) is 0 Å². The molecule has 120 valence electrons. The number of nitrogens with zero attached hydrogens (tertiary/aromatic N) is 2. The summed E-state index contributed by atoms with van der Waals surface area (Å²) in [6.07, 6.45) is 3.22. The molecule has 0 unspecified atom stereocenters. The van der Waals surface area contributed by atoms with E-state index in [1.807, 2.05) is 40.9 Å². The third-order valence-corrected chi connectivity index (χ3v) is 3.93. The van der Waals surface area contributed by atoms with Gasteiger partial charge in [-0.2, -0.15) is 5.10 Å². The predicted octanol–water partition coefficient (Wildman–Crippen LogP) is 1.89. The molecule has 0 saturated heterocycles. The number of urea groups is 1. The first-order valence-corrected chi connectivity index (χ1v) is 7.61. The molecule has 0 aliphatic rings. The fourth-order valence-corrected chi connectivity index (χ4v) is 2.57. The van der Waals surface area contributed by atoms with Gasteiger partial charge in [0.15, 0.2) is 0 Å². The zero-order valence-corrected chi connectivity index (χ0v) is 13.7. The van der Waals surface area contributed by atoms with Crippen LogP contribution in [-0.2, 0) is 7.05 Å². The molecule has 1 aromatic heterocycles. The van der Waals surface area contributed by atoms with Crippen molar-refractivity contribution in [2.45, 2.75) is 52.7 Å². The van der Waals surface area contributed by atoms with Gasteiger partial charge in [-0.25, -0.2) is 4.79 Å². The number of carbonyl (C=O) groups is 1. The number of aryl methyl sites for hydroxylation is 2. The third-order valence-electron chi connectivity index (χ3n) is 3.93. The Morgan fingerprint density at radius 1 is 1.43 bits per heavy atom. The summed E-state index contributed by atoms with van der Waals surface area (Å²) in [6.45, 7) is 8.20. The highest BCUT2D eigenvalue weighted by Gasteiger charge is 2.18. The number of hydrogen-bond acceptors (Lipinski definition) is 3. The monoisotopic (exact) mass is 296 g/mol. The van der Waals surface area contributed by atoms with E-state index >= 15 is 0 Å². The van der Waals surface area contributed by atoms with Crippen molar-refractivity contribution < 1.29 is 9.90 Å². The first kappa shape index (κ1) is 17.5. The van der Waals surface area contributed by atoms with Crippen LogP contribution in [0.4, 0.5) is 4.79 Å². The van der Waals surface area contributed by atoms with Gasteiger partial charge in [0.2, 0.25) is 0 Å². The van der Waals surface area contributed by atoms with Crippen molar-refractivity contribution >= 4 is 6.03 Å². The summed E-state index contributed by atoms with van der Waals surface area (Å²) in [6, 6.07) is -0.389. The number of amides is 2. The summed E-state index contributed by atoms with van der Waals surface area (Å²) in [5.41, 5.74) is 1.90. The molecule has 3 N–H and O–H groups in total. The molecule has 1 heterocycles. The molecule has 21 heavy (non-hydrogen) atoms. The molecule has 0 bridgehead atoms. The zero-order valence-electron chi connectivity index (χ0n) is 13.7. The summed E-state index contributed by atoms with van der Waals surface area (Å²) in [4.78, 5) is 11.9. The van der Waals surface area contributed by atoms with Gasteiger partial charge >= 0.3 is 6.03 Å². The highest BCUT2D eigenvalue weighted by Crippen LogP contribution is 2.15. The number of hydrogen-bond donors (Lipinski definition) is 3. The lowest BCUT2D eigenvalue weighted by Gasteiger charge is -2.21. The number of carbonyl (C=O) groups excluding carboxylic acids is 1. The van der Waals surface area contributed by atoms with E-state index in [2.05, 4.69) is 15.7 Å². The highest BCUT2D eigenvalue weighted by atomic mass is 16.3. The van der Waals surface area contributed by atoms with Gasteiger partial charge in [0.25, 0.3) is 0 Å². The zero-order chi connectivity index (χ0) is 16.0. The van der Waals surface area contributed by atoms with Crippen LogP contribution < -0.4 is 10.6 Å². The fraction of sp³-hybridized carbons (Fsp3) is 0.733. The maximum atomic E-state index is 11.9. The number of rotatable bonds is 7. The van der Waals surface area contributed by atoms with E-state index in [4.69, 9.17) is 0 Å². The first-order valence-electron chi connectivity index (χ1n) is 7.61. The van der Waals surface area contributed by atoms with Gasteiger partial charge in [0, 0.05) is 25.4 Å². The molecular weight excluding hydrogens is 268 g/mol. The van der Waals surface area contributed by atoms with Crippen molar-refractivity contribution in [2.24, 2.45) is 13.0 Å². The molecule has 0 saturated carbocycles. The number of aromatic nitrogens is 2. The fourth-order valence-electron chi connectivity index (χ4n) is 2.57. The van der Waals surface area contributed by atoms with Gasteiger partial charge in [-0.05, 0) is 19.8 Å². The molecule has 0 radical (unpaired) electrons. The van der Waals surface area contributed by atoms with Gasteiger partial charge in [-0.3, -0.25) is 4.68 Å². The van der Waals surface area contributed by atoms with E-state index in [0.717, 1.165) is 24.1 Å².